The highest BCUT2D eigenvalue weighted by molar-refractivity contribution is 6.36. The van der Waals surface area contributed by atoms with Crippen molar-refractivity contribution in [2.75, 3.05) is 0 Å². The standard InChI is InChI=1S/C16H13Cl2F2N3/c17-15(4-5-15)16(18,9-23-10-22-8-12(23)7-21)6-11-2-1-3-13(19)14(11)20/h1-3,8,10H,4-6,9H2. The van der Waals surface area contributed by atoms with Crippen LogP contribution in [0.1, 0.15) is 24.1 Å². The average molecular weight is 356 g/mol. The molecule has 0 aliphatic heterocycles. The van der Waals surface area contributed by atoms with E-state index in [0.29, 0.717) is 18.5 Å². The monoisotopic (exact) mass is 355 g/mol. The number of nitrogens with zero attached hydrogens (tertiary/aromatic N) is 3. The predicted octanol–water partition coefficient (Wildman–Crippen LogP) is 4.02. The summed E-state index contributed by atoms with van der Waals surface area (Å²) < 4.78 is 29.1. The van der Waals surface area contributed by atoms with E-state index in [2.05, 4.69) is 4.98 Å². The van der Waals surface area contributed by atoms with E-state index in [9.17, 15) is 8.78 Å². The van der Waals surface area contributed by atoms with Crippen LogP contribution in [-0.4, -0.2) is 19.3 Å². The molecule has 0 bridgehead atoms. The SMILES string of the molecule is N#Cc1cncn1CC(Cl)(Cc1cccc(F)c1F)C1(Cl)CC1. The quantitative estimate of drug-likeness (QED) is 0.760. The van der Waals surface area contributed by atoms with Gasteiger partial charge in [0.05, 0.1) is 22.3 Å². The molecule has 1 heterocycles. The van der Waals surface area contributed by atoms with Gasteiger partial charge in [-0.05, 0) is 30.9 Å². The van der Waals surface area contributed by atoms with Gasteiger partial charge in [0.25, 0.3) is 0 Å². The maximum absolute atomic E-state index is 14.0. The highest BCUT2D eigenvalue weighted by Gasteiger charge is 2.58. The van der Waals surface area contributed by atoms with E-state index in [4.69, 9.17) is 28.5 Å². The number of aromatic nitrogens is 2. The molecule has 1 atom stereocenters. The summed E-state index contributed by atoms with van der Waals surface area (Å²) in [7, 11) is 0. The molecule has 1 saturated carbocycles. The second-order valence-corrected chi connectivity index (χ2v) is 7.29. The molecule has 2 aromatic rings. The third-order valence-electron chi connectivity index (χ3n) is 4.24. The van der Waals surface area contributed by atoms with Crippen molar-refractivity contribution < 1.29 is 8.78 Å². The topological polar surface area (TPSA) is 41.6 Å². The second-order valence-electron chi connectivity index (χ2n) is 5.84. The average Bonchev–Trinajstić information content (AvgIpc) is 3.12. The molecule has 1 unspecified atom stereocenters. The molecule has 3 nitrogen and oxygen atoms in total. The van der Waals surface area contributed by atoms with Crippen molar-refractivity contribution >= 4 is 23.2 Å². The first-order valence-corrected chi connectivity index (χ1v) is 7.85. The van der Waals surface area contributed by atoms with E-state index in [0.717, 1.165) is 6.07 Å². The maximum atomic E-state index is 14.0. The van der Waals surface area contributed by atoms with Gasteiger partial charge in [-0.1, -0.05) is 12.1 Å². The fraction of sp³-hybridized carbons (Fsp3) is 0.375. The molecule has 0 saturated heterocycles. The van der Waals surface area contributed by atoms with Crippen molar-refractivity contribution in [1.29, 1.82) is 5.26 Å². The summed E-state index contributed by atoms with van der Waals surface area (Å²) in [6, 6.07) is 6.02. The van der Waals surface area contributed by atoms with E-state index < -0.39 is 21.4 Å². The summed E-state index contributed by atoms with van der Waals surface area (Å²) in [5.74, 6) is -1.83. The summed E-state index contributed by atoms with van der Waals surface area (Å²) >= 11 is 13.3. The lowest BCUT2D eigenvalue weighted by molar-refractivity contribution is 0.429. The highest BCUT2D eigenvalue weighted by Crippen LogP contribution is 2.56. The fourth-order valence-electron chi connectivity index (χ4n) is 2.71. The van der Waals surface area contributed by atoms with E-state index in [-0.39, 0.29) is 18.5 Å². The van der Waals surface area contributed by atoms with Crippen LogP contribution in [-0.2, 0) is 13.0 Å². The molecule has 1 aliphatic carbocycles. The van der Waals surface area contributed by atoms with Crippen molar-refractivity contribution in [3.63, 3.8) is 0 Å². The Morgan fingerprint density at radius 3 is 2.78 bits per heavy atom. The van der Waals surface area contributed by atoms with E-state index in [1.165, 1.54) is 24.7 Å². The normalized spacial score (nSPS) is 18.2. The van der Waals surface area contributed by atoms with Crippen molar-refractivity contribution in [3.05, 3.63) is 53.6 Å². The lowest BCUT2D eigenvalue weighted by atomic mass is 9.92. The van der Waals surface area contributed by atoms with Crippen molar-refractivity contribution in [3.8, 4) is 6.07 Å². The van der Waals surface area contributed by atoms with E-state index >= 15 is 0 Å². The van der Waals surface area contributed by atoms with Crippen LogP contribution in [0.4, 0.5) is 8.78 Å². The van der Waals surface area contributed by atoms with E-state index in [1.54, 1.807) is 4.57 Å². The summed E-state index contributed by atoms with van der Waals surface area (Å²) in [5, 5.41) is 9.10. The molecule has 0 N–H and O–H groups in total. The number of halogens is 4. The van der Waals surface area contributed by atoms with Gasteiger partial charge in [0.1, 0.15) is 11.8 Å². The molecule has 1 fully saturated rings. The number of hydrogen-bond acceptors (Lipinski definition) is 2. The van der Waals surface area contributed by atoms with Gasteiger partial charge in [0, 0.05) is 6.54 Å². The summed E-state index contributed by atoms with van der Waals surface area (Å²) in [4.78, 5) is 2.17. The van der Waals surface area contributed by atoms with Crippen LogP contribution in [0.15, 0.2) is 30.7 Å². The van der Waals surface area contributed by atoms with Gasteiger partial charge in [-0.2, -0.15) is 5.26 Å². The van der Waals surface area contributed by atoms with E-state index in [1.807, 2.05) is 6.07 Å². The minimum absolute atomic E-state index is 0.0602. The van der Waals surface area contributed by atoms with Gasteiger partial charge < -0.3 is 4.57 Å². The number of imidazole rings is 1. The predicted molar refractivity (Wildman–Crippen MR) is 83.4 cm³/mol. The third kappa shape index (κ3) is 2.93. The van der Waals surface area contributed by atoms with Gasteiger partial charge >= 0.3 is 0 Å². The lowest BCUT2D eigenvalue weighted by Gasteiger charge is -2.33. The molecule has 3 rings (SSSR count). The number of alkyl halides is 2. The van der Waals surface area contributed by atoms with Crippen LogP contribution in [0, 0.1) is 23.0 Å². The number of hydrogen-bond donors (Lipinski definition) is 0. The first-order chi connectivity index (χ1) is 10.9. The molecular formula is C16H13Cl2F2N3. The Labute approximate surface area is 142 Å². The van der Waals surface area contributed by atoms with Crippen LogP contribution in [0.25, 0.3) is 0 Å². The van der Waals surface area contributed by atoms with Crippen molar-refractivity contribution in [1.82, 2.24) is 9.55 Å². The van der Waals surface area contributed by atoms with Crippen LogP contribution in [0.3, 0.4) is 0 Å². The summed E-state index contributed by atoms with van der Waals surface area (Å²) in [6.07, 6.45) is 4.34. The molecule has 0 amide bonds. The Kier molecular flexibility index (Phi) is 4.07. The summed E-state index contributed by atoms with van der Waals surface area (Å²) in [5.41, 5.74) is 0.515. The Bertz CT molecular complexity index is 780. The van der Waals surface area contributed by atoms with Crippen LogP contribution in [0.5, 0.6) is 0 Å². The lowest BCUT2D eigenvalue weighted by Crippen LogP contribution is -2.42. The first kappa shape index (κ1) is 16.2. The molecule has 1 aromatic carbocycles. The third-order valence-corrected chi connectivity index (χ3v) is 5.69. The minimum atomic E-state index is -1.05. The number of benzene rings is 1. The Morgan fingerprint density at radius 1 is 1.39 bits per heavy atom. The smallest absolute Gasteiger partial charge is 0.162 e. The zero-order valence-corrected chi connectivity index (χ0v) is 13.6. The van der Waals surface area contributed by atoms with Crippen LogP contribution in [0.2, 0.25) is 0 Å². The second kappa shape index (κ2) is 5.77. The fourth-order valence-corrected chi connectivity index (χ4v) is 3.39. The Hall–Kier alpha value is -1.64. The zero-order chi connectivity index (χ0) is 16.7. The van der Waals surface area contributed by atoms with Gasteiger partial charge in [0.15, 0.2) is 11.6 Å². The minimum Gasteiger partial charge on any atom is -0.321 e. The molecule has 1 aliphatic rings. The largest absolute Gasteiger partial charge is 0.321 e. The molecule has 0 radical (unpaired) electrons. The van der Waals surface area contributed by atoms with Gasteiger partial charge in [-0.15, -0.1) is 23.2 Å². The van der Waals surface area contributed by atoms with Gasteiger partial charge in [-0.3, -0.25) is 0 Å². The molecule has 0 spiro atoms. The van der Waals surface area contributed by atoms with Gasteiger partial charge in [0.2, 0.25) is 0 Å². The van der Waals surface area contributed by atoms with Crippen molar-refractivity contribution in [2.24, 2.45) is 0 Å². The number of nitriles is 1. The zero-order valence-electron chi connectivity index (χ0n) is 12.1. The molecule has 23 heavy (non-hydrogen) atoms. The maximum Gasteiger partial charge on any atom is 0.162 e. The van der Waals surface area contributed by atoms with Gasteiger partial charge in [-0.25, -0.2) is 13.8 Å². The van der Waals surface area contributed by atoms with Crippen LogP contribution >= 0.6 is 23.2 Å². The van der Waals surface area contributed by atoms with Crippen LogP contribution < -0.4 is 0 Å². The Morgan fingerprint density at radius 2 is 2.13 bits per heavy atom. The molecule has 120 valence electrons. The number of rotatable bonds is 5. The van der Waals surface area contributed by atoms with Crippen molar-refractivity contribution in [2.45, 2.75) is 35.6 Å². The first-order valence-electron chi connectivity index (χ1n) is 7.09. The molecule has 1 aromatic heterocycles. The summed E-state index contributed by atoms with van der Waals surface area (Å²) in [6.45, 7) is 0.191. The highest BCUT2D eigenvalue weighted by atomic mass is 35.5. The molecule has 7 heteroatoms. The Balaban J connectivity index is 1.95. The molecular weight excluding hydrogens is 343 g/mol.